The molecule has 0 saturated carbocycles. The second kappa shape index (κ2) is 9.00. The van der Waals surface area contributed by atoms with Crippen molar-refractivity contribution in [3.05, 3.63) is 108 Å². The fourth-order valence-electron chi connectivity index (χ4n) is 3.03. The molecule has 1 amide bonds. The Bertz CT molecular complexity index is 1200. The first-order chi connectivity index (χ1) is 15.1. The number of carboxylic acids is 1. The first-order valence-corrected chi connectivity index (χ1v) is 9.60. The smallest absolute Gasteiger partial charge is 0.335 e. The van der Waals surface area contributed by atoms with Crippen LogP contribution in [0.25, 0.3) is 11.1 Å². The van der Waals surface area contributed by atoms with Crippen LogP contribution in [0.15, 0.2) is 95.4 Å². The molecule has 31 heavy (non-hydrogen) atoms. The molecular weight excluding hydrogens is 394 g/mol. The zero-order chi connectivity index (χ0) is 21.6. The maximum absolute atomic E-state index is 12.4. The van der Waals surface area contributed by atoms with Crippen LogP contribution < -0.4 is 10.1 Å². The Labute approximate surface area is 178 Å². The number of nitrogens with one attached hydrogen (secondary N) is 1. The number of furan rings is 1. The van der Waals surface area contributed by atoms with Gasteiger partial charge in [0.1, 0.15) is 18.1 Å². The third kappa shape index (κ3) is 5.00. The third-order valence-electron chi connectivity index (χ3n) is 4.60. The Hall–Kier alpha value is -4.32. The van der Waals surface area contributed by atoms with Crippen LogP contribution in [0, 0.1) is 0 Å². The van der Waals surface area contributed by atoms with E-state index in [9.17, 15) is 9.59 Å². The molecule has 4 rings (SSSR count). The molecule has 0 aliphatic carbocycles. The molecule has 6 heteroatoms. The van der Waals surface area contributed by atoms with E-state index < -0.39 is 11.9 Å². The molecule has 0 saturated heterocycles. The second-order valence-electron chi connectivity index (χ2n) is 6.79. The number of carboxylic acid groups (broad SMARTS) is 1. The number of rotatable bonds is 7. The summed E-state index contributed by atoms with van der Waals surface area (Å²) in [7, 11) is 0. The lowest BCUT2D eigenvalue weighted by Crippen LogP contribution is -2.11. The highest BCUT2D eigenvalue weighted by atomic mass is 16.5. The lowest BCUT2D eigenvalue weighted by Gasteiger charge is -2.06. The summed E-state index contributed by atoms with van der Waals surface area (Å²) in [5.74, 6) is -0.241. The number of hydrogen-bond donors (Lipinski definition) is 2. The molecular formula is C25H19NO5. The van der Waals surface area contributed by atoms with Crippen molar-refractivity contribution < 1.29 is 23.8 Å². The molecule has 154 valence electrons. The minimum atomic E-state index is -1.06. The summed E-state index contributed by atoms with van der Waals surface area (Å²) in [5.41, 5.74) is 2.68. The fraction of sp³-hybridized carbons (Fsp3) is 0.0400. The summed E-state index contributed by atoms with van der Waals surface area (Å²) in [6, 6.07) is 27.0. The molecule has 0 unspecified atom stereocenters. The average molecular weight is 413 g/mol. The van der Waals surface area contributed by atoms with Gasteiger partial charge >= 0.3 is 5.97 Å². The lowest BCUT2D eigenvalue weighted by atomic mass is 10.1. The van der Waals surface area contributed by atoms with E-state index in [-0.39, 0.29) is 17.9 Å². The van der Waals surface area contributed by atoms with Gasteiger partial charge in [0, 0.05) is 5.69 Å². The number of anilines is 1. The van der Waals surface area contributed by atoms with Crippen molar-refractivity contribution in [1.29, 1.82) is 0 Å². The van der Waals surface area contributed by atoms with Gasteiger partial charge in [-0.1, -0.05) is 48.5 Å². The number of benzene rings is 3. The quantitative estimate of drug-likeness (QED) is 0.419. The summed E-state index contributed by atoms with van der Waals surface area (Å²) in [4.78, 5) is 23.4. The van der Waals surface area contributed by atoms with Crippen molar-refractivity contribution in [3.63, 3.8) is 0 Å². The van der Waals surface area contributed by atoms with Crippen LogP contribution in [0.4, 0.5) is 5.69 Å². The zero-order valence-electron chi connectivity index (χ0n) is 16.4. The van der Waals surface area contributed by atoms with E-state index >= 15 is 0 Å². The van der Waals surface area contributed by atoms with Gasteiger partial charge in [0.25, 0.3) is 5.91 Å². The number of carbonyl (C=O) groups is 2. The Morgan fingerprint density at radius 1 is 0.839 bits per heavy atom. The Balaban J connectivity index is 1.35. The van der Waals surface area contributed by atoms with Crippen molar-refractivity contribution in [2.75, 3.05) is 5.32 Å². The maximum Gasteiger partial charge on any atom is 0.335 e. The zero-order valence-corrected chi connectivity index (χ0v) is 16.4. The van der Waals surface area contributed by atoms with E-state index in [1.165, 1.54) is 12.1 Å². The van der Waals surface area contributed by atoms with Crippen molar-refractivity contribution in [2.24, 2.45) is 0 Å². The molecule has 1 aromatic heterocycles. The molecule has 0 fully saturated rings. The molecule has 0 atom stereocenters. The number of ether oxygens (including phenoxy) is 1. The summed E-state index contributed by atoms with van der Waals surface area (Å²) in [5, 5.41) is 11.7. The van der Waals surface area contributed by atoms with Crippen LogP contribution in [0.3, 0.4) is 0 Å². The van der Waals surface area contributed by atoms with Crippen molar-refractivity contribution in [3.8, 4) is 16.9 Å². The molecule has 6 nitrogen and oxygen atoms in total. The standard InChI is InChI=1S/C25H19NO5/c27-24(26-20-8-4-7-19(15-20)25(28)29)23-14-13-22(31-23)16-30-21-11-9-18(10-12-21)17-5-2-1-3-6-17/h1-15H,16H2,(H,26,27)(H,28,29). The van der Waals surface area contributed by atoms with Crippen LogP contribution in [0.2, 0.25) is 0 Å². The minimum absolute atomic E-state index is 0.0876. The van der Waals surface area contributed by atoms with E-state index in [0.717, 1.165) is 11.1 Å². The normalized spacial score (nSPS) is 10.5. The van der Waals surface area contributed by atoms with Gasteiger partial charge in [-0.25, -0.2) is 4.79 Å². The van der Waals surface area contributed by atoms with E-state index in [0.29, 0.717) is 17.2 Å². The molecule has 0 aliphatic heterocycles. The predicted molar refractivity (Wildman–Crippen MR) is 116 cm³/mol. The summed E-state index contributed by atoms with van der Waals surface area (Å²) in [6.45, 7) is 0.173. The summed E-state index contributed by atoms with van der Waals surface area (Å²) < 4.78 is 11.3. The van der Waals surface area contributed by atoms with Gasteiger partial charge in [0.2, 0.25) is 0 Å². The topological polar surface area (TPSA) is 88.8 Å². The minimum Gasteiger partial charge on any atom is -0.486 e. The average Bonchev–Trinajstić information content (AvgIpc) is 3.28. The predicted octanol–water partition coefficient (Wildman–Crippen LogP) is 5.48. The number of carbonyl (C=O) groups excluding carboxylic acids is 1. The van der Waals surface area contributed by atoms with Crippen LogP contribution in [0.1, 0.15) is 26.7 Å². The van der Waals surface area contributed by atoms with E-state index in [1.54, 1.807) is 24.3 Å². The second-order valence-corrected chi connectivity index (χ2v) is 6.79. The molecule has 3 aromatic carbocycles. The fourth-order valence-corrected chi connectivity index (χ4v) is 3.03. The SMILES string of the molecule is O=C(O)c1cccc(NC(=O)c2ccc(COc3ccc(-c4ccccc4)cc3)o2)c1. The van der Waals surface area contributed by atoms with Gasteiger partial charge in [-0.05, 0) is 53.6 Å². The molecule has 2 N–H and O–H groups in total. The van der Waals surface area contributed by atoms with E-state index in [2.05, 4.69) is 5.32 Å². The van der Waals surface area contributed by atoms with Crippen molar-refractivity contribution in [1.82, 2.24) is 0 Å². The van der Waals surface area contributed by atoms with Crippen LogP contribution in [-0.4, -0.2) is 17.0 Å². The maximum atomic E-state index is 12.4. The highest BCUT2D eigenvalue weighted by Gasteiger charge is 2.13. The van der Waals surface area contributed by atoms with Gasteiger partial charge in [-0.15, -0.1) is 0 Å². The van der Waals surface area contributed by atoms with Crippen LogP contribution in [0.5, 0.6) is 5.75 Å². The molecule has 1 heterocycles. The van der Waals surface area contributed by atoms with Gasteiger partial charge < -0.3 is 19.6 Å². The largest absolute Gasteiger partial charge is 0.486 e. The highest BCUT2D eigenvalue weighted by Crippen LogP contribution is 2.23. The summed E-state index contributed by atoms with van der Waals surface area (Å²) in [6.07, 6.45) is 0. The highest BCUT2D eigenvalue weighted by molar-refractivity contribution is 6.03. The first-order valence-electron chi connectivity index (χ1n) is 9.60. The van der Waals surface area contributed by atoms with Gasteiger partial charge in [-0.3, -0.25) is 4.79 Å². The molecule has 4 aromatic rings. The number of amides is 1. The van der Waals surface area contributed by atoms with E-state index in [1.807, 2.05) is 54.6 Å². The first kappa shape index (κ1) is 20.0. The number of hydrogen-bond acceptors (Lipinski definition) is 4. The van der Waals surface area contributed by atoms with Crippen molar-refractivity contribution >= 4 is 17.6 Å². The van der Waals surface area contributed by atoms with Crippen molar-refractivity contribution in [2.45, 2.75) is 6.61 Å². The molecule has 0 radical (unpaired) electrons. The summed E-state index contributed by atoms with van der Waals surface area (Å²) >= 11 is 0. The Morgan fingerprint density at radius 3 is 2.32 bits per heavy atom. The lowest BCUT2D eigenvalue weighted by molar-refractivity contribution is 0.0696. The van der Waals surface area contributed by atoms with Gasteiger partial charge in [0.15, 0.2) is 5.76 Å². The van der Waals surface area contributed by atoms with E-state index in [4.69, 9.17) is 14.3 Å². The monoisotopic (exact) mass is 413 g/mol. The Morgan fingerprint density at radius 2 is 1.58 bits per heavy atom. The van der Waals surface area contributed by atoms with Crippen LogP contribution in [-0.2, 0) is 6.61 Å². The van der Waals surface area contributed by atoms with Gasteiger partial charge in [-0.2, -0.15) is 0 Å². The Kier molecular flexibility index (Phi) is 5.80. The number of aromatic carboxylic acids is 1. The van der Waals surface area contributed by atoms with Gasteiger partial charge in [0.05, 0.1) is 5.56 Å². The molecule has 0 aliphatic rings. The van der Waals surface area contributed by atoms with Crippen LogP contribution >= 0.6 is 0 Å². The molecule has 0 spiro atoms. The third-order valence-corrected chi connectivity index (χ3v) is 4.60. The molecule has 0 bridgehead atoms.